The first-order valence-electron chi connectivity index (χ1n) is 9.68. The molecule has 1 unspecified atom stereocenters. The summed E-state index contributed by atoms with van der Waals surface area (Å²) in [6, 6.07) is 7.93. The lowest BCUT2D eigenvalue weighted by molar-refractivity contribution is -0.138. The van der Waals surface area contributed by atoms with Gasteiger partial charge in [-0.2, -0.15) is 23.4 Å². The number of hydrogen-bond donors (Lipinski definition) is 1. The summed E-state index contributed by atoms with van der Waals surface area (Å²) in [7, 11) is 0. The molecule has 1 fully saturated rings. The zero-order valence-corrected chi connectivity index (χ0v) is 17.6. The van der Waals surface area contributed by atoms with Crippen molar-refractivity contribution in [2.24, 2.45) is 4.99 Å². The van der Waals surface area contributed by atoms with Crippen molar-refractivity contribution in [1.82, 2.24) is 4.90 Å². The molecule has 2 aliphatic rings. The zero-order valence-electron chi connectivity index (χ0n) is 16.8. The molecule has 0 aliphatic carbocycles. The van der Waals surface area contributed by atoms with Crippen molar-refractivity contribution in [3.8, 4) is 17.6 Å². The summed E-state index contributed by atoms with van der Waals surface area (Å²) in [5.74, 6) is -2.51. The van der Waals surface area contributed by atoms with Crippen LogP contribution in [0, 0.1) is 17.1 Å². The van der Waals surface area contributed by atoms with E-state index in [1.54, 1.807) is 11.0 Å². The number of ether oxygens (including phenoxy) is 1. The molecule has 0 aromatic heterocycles. The van der Waals surface area contributed by atoms with E-state index in [4.69, 9.17) is 10.00 Å². The second kappa shape index (κ2) is 8.88. The van der Waals surface area contributed by atoms with Crippen molar-refractivity contribution in [2.45, 2.75) is 18.7 Å². The van der Waals surface area contributed by atoms with E-state index in [-0.39, 0.29) is 10.5 Å². The molecular formula is C22H15F4N3O3S. The molecule has 0 saturated carbocycles. The van der Waals surface area contributed by atoms with Gasteiger partial charge in [0.05, 0.1) is 28.2 Å². The summed E-state index contributed by atoms with van der Waals surface area (Å²) in [5, 5.41) is 18.9. The third kappa shape index (κ3) is 5.02. The number of nitriles is 1. The van der Waals surface area contributed by atoms with Gasteiger partial charge in [0.2, 0.25) is 0 Å². The second-order valence-electron chi connectivity index (χ2n) is 7.31. The fourth-order valence-electron chi connectivity index (χ4n) is 3.32. The molecule has 170 valence electrons. The van der Waals surface area contributed by atoms with Crippen LogP contribution >= 0.6 is 11.8 Å². The predicted molar refractivity (Wildman–Crippen MR) is 113 cm³/mol. The molecule has 2 aliphatic heterocycles. The van der Waals surface area contributed by atoms with Crippen LogP contribution in [0.2, 0.25) is 0 Å². The van der Waals surface area contributed by atoms with Crippen LogP contribution in [0.3, 0.4) is 0 Å². The van der Waals surface area contributed by atoms with Crippen LogP contribution in [0.5, 0.6) is 11.5 Å². The Bertz CT molecular complexity index is 1220. The Morgan fingerprint density at radius 3 is 2.64 bits per heavy atom. The number of hydrogen-bond acceptors (Lipinski definition) is 6. The molecule has 1 N–H and O–H groups in total. The maximum atomic E-state index is 14.6. The number of likely N-dealkylation sites (tertiary alicyclic amines) is 1. The first-order valence-corrected chi connectivity index (χ1v) is 10.5. The van der Waals surface area contributed by atoms with Crippen LogP contribution in [0.25, 0.3) is 6.08 Å². The minimum Gasteiger partial charge on any atom is -0.454 e. The van der Waals surface area contributed by atoms with Crippen molar-refractivity contribution >= 4 is 28.9 Å². The molecule has 4 rings (SSSR count). The van der Waals surface area contributed by atoms with Gasteiger partial charge in [-0.25, -0.2) is 4.39 Å². The van der Waals surface area contributed by atoms with Crippen LogP contribution in [0.1, 0.15) is 23.1 Å². The normalized spacial score (nSPS) is 19.7. The first kappa shape index (κ1) is 22.8. The highest BCUT2D eigenvalue weighted by atomic mass is 32.2. The molecule has 11 heteroatoms. The van der Waals surface area contributed by atoms with E-state index < -0.39 is 41.1 Å². The lowest BCUT2D eigenvalue weighted by atomic mass is 10.1. The van der Waals surface area contributed by atoms with Crippen molar-refractivity contribution in [2.75, 3.05) is 13.1 Å². The minimum absolute atomic E-state index is 0.208. The van der Waals surface area contributed by atoms with E-state index in [0.717, 1.165) is 36.0 Å². The number of nitrogens with zero attached hydrogens (tertiary/aromatic N) is 3. The summed E-state index contributed by atoms with van der Waals surface area (Å²) in [4.78, 5) is 18.2. The predicted octanol–water partition coefficient (Wildman–Crippen LogP) is 4.55. The third-order valence-electron chi connectivity index (χ3n) is 4.93. The van der Waals surface area contributed by atoms with Crippen LogP contribution in [-0.4, -0.2) is 40.3 Å². The smallest absolute Gasteiger partial charge is 0.420 e. The number of carbonyl (C=O) groups excluding carboxylic acids is 1. The van der Waals surface area contributed by atoms with Crippen molar-refractivity contribution in [1.29, 1.82) is 5.26 Å². The van der Waals surface area contributed by atoms with Gasteiger partial charge in [-0.15, -0.1) is 0 Å². The van der Waals surface area contributed by atoms with Crippen molar-refractivity contribution < 1.29 is 32.2 Å². The molecule has 0 bridgehead atoms. The average Bonchev–Trinajstić information content (AvgIpc) is 3.35. The molecule has 1 amide bonds. The summed E-state index contributed by atoms with van der Waals surface area (Å²) >= 11 is 1.11. The fourth-order valence-corrected chi connectivity index (χ4v) is 4.27. The number of aliphatic hydroxyl groups is 1. The lowest BCUT2D eigenvalue weighted by Gasteiger charge is -2.15. The van der Waals surface area contributed by atoms with E-state index in [2.05, 4.69) is 4.99 Å². The van der Waals surface area contributed by atoms with Gasteiger partial charge < -0.3 is 14.7 Å². The van der Waals surface area contributed by atoms with Gasteiger partial charge in [0.15, 0.2) is 16.7 Å². The molecule has 2 aromatic rings. The molecule has 1 atom stereocenters. The summed E-state index contributed by atoms with van der Waals surface area (Å²) in [5.41, 5.74) is -1.11. The standard InChI is InChI=1S/C22H15F4N3O3S/c23-16-8-12(9-19-20(31)28-21(33-19)29-6-5-14(30)11-29)1-4-18(16)32-17-3-2-13(10-27)7-15(17)22(24,25)26/h1-4,7-9,14,30H,5-6,11H2/b19-9-. The molecular weight excluding hydrogens is 462 g/mol. The van der Waals surface area contributed by atoms with Gasteiger partial charge in [-0.05, 0) is 60.2 Å². The van der Waals surface area contributed by atoms with E-state index in [0.29, 0.717) is 36.3 Å². The molecule has 0 spiro atoms. The first-order chi connectivity index (χ1) is 15.6. The Morgan fingerprint density at radius 1 is 1.24 bits per heavy atom. The number of aliphatic hydroxyl groups excluding tert-OH is 1. The molecule has 6 nitrogen and oxygen atoms in total. The van der Waals surface area contributed by atoms with E-state index in [1.165, 1.54) is 12.1 Å². The highest BCUT2D eigenvalue weighted by Crippen LogP contribution is 2.39. The van der Waals surface area contributed by atoms with E-state index in [9.17, 15) is 27.5 Å². The molecule has 2 heterocycles. The Morgan fingerprint density at radius 2 is 2.00 bits per heavy atom. The largest absolute Gasteiger partial charge is 0.454 e. The van der Waals surface area contributed by atoms with E-state index in [1.807, 2.05) is 0 Å². The number of aliphatic imine (C=N–C) groups is 1. The van der Waals surface area contributed by atoms with Crippen LogP contribution in [0.4, 0.5) is 17.6 Å². The maximum absolute atomic E-state index is 14.6. The highest BCUT2D eigenvalue weighted by Gasteiger charge is 2.35. The zero-order chi connectivity index (χ0) is 23.8. The van der Waals surface area contributed by atoms with Crippen LogP contribution in [-0.2, 0) is 11.0 Å². The SMILES string of the molecule is N#Cc1ccc(Oc2ccc(/C=C3\SC(N4CCC(O)C4)=NC3=O)cc2F)c(C(F)(F)F)c1. The Labute approximate surface area is 189 Å². The minimum atomic E-state index is -4.80. The molecule has 2 aromatic carbocycles. The second-order valence-corrected chi connectivity index (χ2v) is 8.32. The number of amides is 1. The Hall–Kier alpha value is -3.36. The number of β-amino-alcohol motifs (C(OH)–C–C–N with tert-alkyl or cyclic N) is 1. The van der Waals surface area contributed by atoms with Crippen LogP contribution < -0.4 is 4.74 Å². The Balaban J connectivity index is 1.53. The van der Waals surface area contributed by atoms with Gasteiger partial charge in [0.1, 0.15) is 5.75 Å². The van der Waals surface area contributed by atoms with Crippen LogP contribution in [0.15, 0.2) is 46.3 Å². The number of alkyl halides is 3. The number of carbonyl (C=O) groups is 1. The monoisotopic (exact) mass is 477 g/mol. The van der Waals surface area contributed by atoms with Gasteiger partial charge in [-0.1, -0.05) is 6.07 Å². The van der Waals surface area contributed by atoms with Gasteiger partial charge in [-0.3, -0.25) is 4.79 Å². The number of rotatable bonds is 3. The molecule has 33 heavy (non-hydrogen) atoms. The molecule has 0 radical (unpaired) electrons. The van der Waals surface area contributed by atoms with E-state index >= 15 is 0 Å². The topological polar surface area (TPSA) is 85.9 Å². The van der Waals surface area contributed by atoms with Gasteiger partial charge in [0, 0.05) is 13.1 Å². The number of thioether (sulfide) groups is 1. The quantitative estimate of drug-likeness (QED) is 0.516. The summed E-state index contributed by atoms with van der Waals surface area (Å²) in [6.07, 6.45) is -3.28. The van der Waals surface area contributed by atoms with Crippen molar-refractivity contribution in [3.63, 3.8) is 0 Å². The van der Waals surface area contributed by atoms with Gasteiger partial charge in [0.25, 0.3) is 5.91 Å². The number of benzene rings is 2. The summed E-state index contributed by atoms with van der Waals surface area (Å²) < 4.78 is 59.7. The average molecular weight is 477 g/mol. The van der Waals surface area contributed by atoms with Gasteiger partial charge >= 0.3 is 6.18 Å². The molecule has 1 saturated heterocycles. The Kier molecular flexibility index (Phi) is 6.14. The maximum Gasteiger partial charge on any atom is 0.420 e. The summed E-state index contributed by atoms with van der Waals surface area (Å²) in [6.45, 7) is 0.950. The lowest BCUT2D eigenvalue weighted by Crippen LogP contribution is -2.26. The highest BCUT2D eigenvalue weighted by molar-refractivity contribution is 8.18. The third-order valence-corrected chi connectivity index (χ3v) is 5.98. The van der Waals surface area contributed by atoms with Crippen molar-refractivity contribution in [3.05, 3.63) is 63.8 Å². The fraction of sp³-hybridized carbons (Fsp3) is 0.227. The number of amidine groups is 1. The number of halogens is 4.